The van der Waals surface area contributed by atoms with Gasteiger partial charge in [0, 0.05) is 18.9 Å². The molecule has 1 rings (SSSR count). The standard InChI is InChI=1S/C10H14N2/c1-9-5-7-12-8-10(9)4-3-6-11-2/h3-5,7-8,11H,6H2,1-2H3/b4-3+. The predicted octanol–water partition coefficient (Wildman–Crippen LogP) is 1.62. The van der Waals surface area contributed by atoms with Gasteiger partial charge in [-0.3, -0.25) is 4.98 Å². The largest absolute Gasteiger partial charge is 0.316 e. The molecule has 2 nitrogen and oxygen atoms in total. The minimum Gasteiger partial charge on any atom is -0.316 e. The Morgan fingerprint density at radius 1 is 1.58 bits per heavy atom. The zero-order valence-corrected chi connectivity index (χ0v) is 7.54. The molecule has 0 unspecified atom stereocenters. The lowest BCUT2D eigenvalue weighted by atomic mass is 10.1. The van der Waals surface area contributed by atoms with Gasteiger partial charge in [0.15, 0.2) is 0 Å². The van der Waals surface area contributed by atoms with Gasteiger partial charge in [-0.15, -0.1) is 0 Å². The van der Waals surface area contributed by atoms with Crippen molar-refractivity contribution in [3.8, 4) is 0 Å². The van der Waals surface area contributed by atoms with E-state index in [1.807, 2.05) is 25.5 Å². The lowest BCUT2D eigenvalue weighted by Crippen LogP contribution is -2.03. The molecule has 1 N–H and O–H groups in total. The van der Waals surface area contributed by atoms with Crippen LogP contribution in [0.2, 0.25) is 0 Å². The third kappa shape index (κ3) is 2.47. The van der Waals surface area contributed by atoms with Crippen LogP contribution in [0.4, 0.5) is 0 Å². The van der Waals surface area contributed by atoms with Crippen LogP contribution >= 0.6 is 0 Å². The summed E-state index contributed by atoms with van der Waals surface area (Å²) in [6.45, 7) is 2.98. The summed E-state index contributed by atoms with van der Waals surface area (Å²) < 4.78 is 0. The molecule has 0 aliphatic rings. The van der Waals surface area contributed by atoms with Gasteiger partial charge < -0.3 is 5.32 Å². The van der Waals surface area contributed by atoms with Gasteiger partial charge in [0.05, 0.1) is 0 Å². The Morgan fingerprint density at radius 3 is 3.08 bits per heavy atom. The highest BCUT2D eigenvalue weighted by molar-refractivity contribution is 5.51. The maximum Gasteiger partial charge on any atom is 0.0342 e. The third-order valence-electron chi connectivity index (χ3n) is 1.70. The minimum absolute atomic E-state index is 0.897. The summed E-state index contributed by atoms with van der Waals surface area (Å²) in [6.07, 6.45) is 7.86. The lowest BCUT2D eigenvalue weighted by molar-refractivity contribution is 0.922. The van der Waals surface area contributed by atoms with Gasteiger partial charge in [-0.1, -0.05) is 12.2 Å². The van der Waals surface area contributed by atoms with Gasteiger partial charge in [-0.2, -0.15) is 0 Å². The van der Waals surface area contributed by atoms with Crippen molar-refractivity contribution in [3.63, 3.8) is 0 Å². The van der Waals surface area contributed by atoms with Crippen molar-refractivity contribution in [2.75, 3.05) is 13.6 Å². The van der Waals surface area contributed by atoms with Crippen molar-refractivity contribution < 1.29 is 0 Å². The molecular weight excluding hydrogens is 148 g/mol. The molecule has 1 heterocycles. The van der Waals surface area contributed by atoms with Gasteiger partial charge in [-0.25, -0.2) is 0 Å². The van der Waals surface area contributed by atoms with E-state index in [9.17, 15) is 0 Å². The Hall–Kier alpha value is -1.15. The first-order valence-corrected chi connectivity index (χ1v) is 4.06. The number of nitrogens with one attached hydrogen (secondary N) is 1. The van der Waals surface area contributed by atoms with Crippen LogP contribution in [0.25, 0.3) is 6.08 Å². The normalized spacial score (nSPS) is 10.8. The molecule has 0 aromatic carbocycles. The fraction of sp³-hybridized carbons (Fsp3) is 0.300. The summed E-state index contributed by atoms with van der Waals surface area (Å²) in [4.78, 5) is 4.05. The number of likely N-dealkylation sites (N-methyl/N-ethyl adjacent to an activating group) is 1. The van der Waals surface area contributed by atoms with E-state index in [0.29, 0.717) is 0 Å². The molecule has 0 radical (unpaired) electrons. The fourth-order valence-corrected chi connectivity index (χ4v) is 0.954. The number of hydrogen-bond acceptors (Lipinski definition) is 2. The molecule has 1 aromatic rings. The molecule has 2 heteroatoms. The number of nitrogens with zero attached hydrogens (tertiary/aromatic N) is 1. The Balaban J connectivity index is 2.68. The maximum atomic E-state index is 4.05. The van der Waals surface area contributed by atoms with E-state index in [1.54, 1.807) is 0 Å². The molecule has 0 atom stereocenters. The molecule has 0 spiro atoms. The van der Waals surface area contributed by atoms with Crippen LogP contribution in [0.3, 0.4) is 0 Å². The molecule has 0 saturated carbocycles. The number of pyridine rings is 1. The second-order valence-corrected chi connectivity index (χ2v) is 2.69. The monoisotopic (exact) mass is 162 g/mol. The quantitative estimate of drug-likeness (QED) is 0.730. The van der Waals surface area contributed by atoms with Crippen LogP contribution in [-0.2, 0) is 0 Å². The molecule has 0 fully saturated rings. The molecule has 1 aromatic heterocycles. The second-order valence-electron chi connectivity index (χ2n) is 2.69. The SMILES string of the molecule is CNC/C=C/c1cnccc1C. The summed E-state index contributed by atoms with van der Waals surface area (Å²) in [6, 6.07) is 2.01. The molecule has 0 saturated heterocycles. The summed E-state index contributed by atoms with van der Waals surface area (Å²) >= 11 is 0. The van der Waals surface area contributed by atoms with Crippen LogP contribution in [0.1, 0.15) is 11.1 Å². The lowest BCUT2D eigenvalue weighted by Gasteiger charge is -1.97. The molecule has 64 valence electrons. The van der Waals surface area contributed by atoms with E-state index < -0.39 is 0 Å². The van der Waals surface area contributed by atoms with E-state index in [0.717, 1.165) is 6.54 Å². The smallest absolute Gasteiger partial charge is 0.0342 e. The van der Waals surface area contributed by atoms with Gasteiger partial charge in [0.1, 0.15) is 0 Å². The van der Waals surface area contributed by atoms with Crippen LogP contribution in [0.15, 0.2) is 24.5 Å². The van der Waals surface area contributed by atoms with E-state index >= 15 is 0 Å². The number of aromatic nitrogens is 1. The average molecular weight is 162 g/mol. The van der Waals surface area contributed by atoms with Crippen molar-refractivity contribution in [1.29, 1.82) is 0 Å². The zero-order chi connectivity index (χ0) is 8.81. The average Bonchev–Trinajstić information content (AvgIpc) is 2.09. The van der Waals surface area contributed by atoms with Crippen molar-refractivity contribution in [3.05, 3.63) is 35.7 Å². The number of rotatable bonds is 3. The zero-order valence-electron chi connectivity index (χ0n) is 7.54. The van der Waals surface area contributed by atoms with Gasteiger partial charge in [0.2, 0.25) is 0 Å². The van der Waals surface area contributed by atoms with E-state index in [2.05, 4.69) is 29.4 Å². The molecule has 0 bridgehead atoms. The third-order valence-corrected chi connectivity index (χ3v) is 1.70. The Kier molecular flexibility index (Phi) is 3.48. The van der Waals surface area contributed by atoms with Gasteiger partial charge >= 0.3 is 0 Å². The summed E-state index contributed by atoms with van der Waals surface area (Å²) in [5, 5.41) is 3.05. The van der Waals surface area contributed by atoms with Gasteiger partial charge in [-0.05, 0) is 31.2 Å². The van der Waals surface area contributed by atoms with Crippen molar-refractivity contribution >= 4 is 6.08 Å². The molecular formula is C10H14N2. The second kappa shape index (κ2) is 4.67. The first kappa shape index (κ1) is 8.94. The summed E-state index contributed by atoms with van der Waals surface area (Å²) in [5.41, 5.74) is 2.45. The molecule has 12 heavy (non-hydrogen) atoms. The first-order valence-electron chi connectivity index (χ1n) is 4.06. The van der Waals surface area contributed by atoms with Crippen LogP contribution in [0, 0.1) is 6.92 Å². The predicted molar refractivity (Wildman–Crippen MR) is 51.9 cm³/mol. The fourth-order valence-electron chi connectivity index (χ4n) is 0.954. The highest BCUT2D eigenvalue weighted by atomic mass is 14.8. The van der Waals surface area contributed by atoms with E-state index in [4.69, 9.17) is 0 Å². The topological polar surface area (TPSA) is 24.9 Å². The summed E-state index contributed by atoms with van der Waals surface area (Å²) in [5.74, 6) is 0. The molecule has 0 amide bonds. The maximum absolute atomic E-state index is 4.05. The number of aryl methyl sites for hydroxylation is 1. The highest BCUT2D eigenvalue weighted by Gasteiger charge is 1.90. The highest BCUT2D eigenvalue weighted by Crippen LogP contribution is 2.06. The van der Waals surface area contributed by atoms with Crippen molar-refractivity contribution in [2.24, 2.45) is 0 Å². The van der Waals surface area contributed by atoms with Crippen LogP contribution < -0.4 is 5.32 Å². The van der Waals surface area contributed by atoms with E-state index in [-0.39, 0.29) is 0 Å². The van der Waals surface area contributed by atoms with Crippen molar-refractivity contribution in [2.45, 2.75) is 6.92 Å². The summed E-state index contributed by atoms with van der Waals surface area (Å²) in [7, 11) is 1.93. The van der Waals surface area contributed by atoms with Crippen LogP contribution in [0.5, 0.6) is 0 Å². The first-order chi connectivity index (χ1) is 5.84. The Morgan fingerprint density at radius 2 is 2.42 bits per heavy atom. The Labute approximate surface area is 73.3 Å². The molecule has 0 aliphatic carbocycles. The van der Waals surface area contributed by atoms with Crippen molar-refractivity contribution in [1.82, 2.24) is 10.3 Å². The van der Waals surface area contributed by atoms with E-state index in [1.165, 1.54) is 11.1 Å². The van der Waals surface area contributed by atoms with Crippen LogP contribution in [-0.4, -0.2) is 18.6 Å². The number of hydrogen-bond donors (Lipinski definition) is 1. The minimum atomic E-state index is 0.897. The van der Waals surface area contributed by atoms with Gasteiger partial charge in [0.25, 0.3) is 0 Å². The molecule has 0 aliphatic heterocycles. The Bertz CT molecular complexity index is 266.